The number of nitrogens with two attached hydrogens (primary N) is 1. The van der Waals surface area contributed by atoms with Crippen LogP contribution in [-0.2, 0) is 6.54 Å². The molecule has 0 radical (unpaired) electrons. The monoisotopic (exact) mass is 455 g/mol. The number of halogens is 2. The Hall–Kier alpha value is -2.90. The molecule has 8 heteroatoms. The number of hydrogen-bond acceptors (Lipinski definition) is 6. The molecular formula is C20H15BrClN5O. The van der Waals surface area contributed by atoms with E-state index in [0.717, 1.165) is 15.4 Å². The Kier molecular flexibility index (Phi) is 5.27. The lowest BCUT2D eigenvalue weighted by Crippen LogP contribution is -2.06. The van der Waals surface area contributed by atoms with Gasteiger partial charge in [-0.05, 0) is 35.9 Å². The molecular weight excluding hydrogens is 442 g/mol. The van der Waals surface area contributed by atoms with Crippen molar-refractivity contribution in [1.29, 1.82) is 0 Å². The van der Waals surface area contributed by atoms with E-state index in [1.165, 1.54) is 6.33 Å². The fraction of sp³-hybridized carbons (Fsp3) is 0.0500. The van der Waals surface area contributed by atoms with Crippen LogP contribution in [0.15, 0.2) is 65.5 Å². The lowest BCUT2D eigenvalue weighted by Gasteiger charge is -2.13. The van der Waals surface area contributed by atoms with E-state index in [1.54, 1.807) is 6.20 Å². The predicted molar refractivity (Wildman–Crippen MR) is 115 cm³/mol. The van der Waals surface area contributed by atoms with Crippen molar-refractivity contribution in [3.05, 3.63) is 76.1 Å². The van der Waals surface area contributed by atoms with Crippen LogP contribution in [0.25, 0.3) is 10.9 Å². The van der Waals surface area contributed by atoms with Crippen LogP contribution in [0.3, 0.4) is 0 Å². The minimum atomic E-state index is 0.267. The largest absolute Gasteiger partial charge is 0.435 e. The number of hydrogen-bond donors (Lipinski definition) is 2. The van der Waals surface area contributed by atoms with Crippen molar-refractivity contribution in [2.75, 3.05) is 11.1 Å². The highest BCUT2D eigenvalue weighted by Crippen LogP contribution is 2.35. The van der Waals surface area contributed by atoms with Gasteiger partial charge < -0.3 is 15.8 Å². The number of fused-ring (bicyclic) bond motifs is 1. The van der Waals surface area contributed by atoms with E-state index in [2.05, 4.69) is 36.2 Å². The fourth-order valence-corrected chi connectivity index (χ4v) is 3.27. The SMILES string of the molecule is Nc1c(NCc2ccc(Cl)cc2)ncnc1Oc1ccc(Br)c2cccnc12. The van der Waals surface area contributed by atoms with E-state index < -0.39 is 0 Å². The Morgan fingerprint density at radius 3 is 2.68 bits per heavy atom. The number of nitrogens with zero attached hydrogens (tertiary/aromatic N) is 3. The Labute approximate surface area is 174 Å². The van der Waals surface area contributed by atoms with Crippen molar-refractivity contribution in [1.82, 2.24) is 15.0 Å². The molecule has 0 unspecified atom stereocenters. The van der Waals surface area contributed by atoms with Gasteiger partial charge in [-0.25, -0.2) is 4.98 Å². The van der Waals surface area contributed by atoms with Crippen LogP contribution in [-0.4, -0.2) is 15.0 Å². The van der Waals surface area contributed by atoms with Gasteiger partial charge in [-0.3, -0.25) is 4.98 Å². The minimum absolute atomic E-state index is 0.267. The van der Waals surface area contributed by atoms with Gasteiger partial charge in [0.2, 0.25) is 5.88 Å². The first-order valence-electron chi connectivity index (χ1n) is 8.41. The van der Waals surface area contributed by atoms with Gasteiger partial charge in [0, 0.05) is 27.6 Å². The fourth-order valence-electron chi connectivity index (χ4n) is 2.69. The number of benzene rings is 2. The zero-order valence-corrected chi connectivity index (χ0v) is 16.9. The number of aromatic nitrogens is 3. The van der Waals surface area contributed by atoms with E-state index >= 15 is 0 Å². The highest BCUT2D eigenvalue weighted by atomic mass is 79.9. The maximum atomic E-state index is 6.23. The number of anilines is 2. The normalized spacial score (nSPS) is 10.8. The van der Waals surface area contributed by atoms with Gasteiger partial charge in [0.05, 0.1) is 0 Å². The molecule has 2 aromatic heterocycles. The maximum absolute atomic E-state index is 6.23. The Bertz CT molecular complexity index is 1140. The smallest absolute Gasteiger partial charge is 0.248 e. The molecule has 4 aromatic rings. The van der Waals surface area contributed by atoms with Crippen LogP contribution < -0.4 is 15.8 Å². The predicted octanol–water partition coefficient (Wildman–Crippen LogP) is 5.43. The van der Waals surface area contributed by atoms with Crippen LogP contribution >= 0.6 is 27.5 Å². The molecule has 3 N–H and O–H groups in total. The zero-order valence-electron chi connectivity index (χ0n) is 14.6. The summed E-state index contributed by atoms with van der Waals surface area (Å²) in [7, 11) is 0. The van der Waals surface area contributed by atoms with Crippen molar-refractivity contribution >= 4 is 49.9 Å². The van der Waals surface area contributed by atoms with E-state index in [-0.39, 0.29) is 5.88 Å². The Morgan fingerprint density at radius 1 is 1.04 bits per heavy atom. The molecule has 4 rings (SSSR count). The number of ether oxygens (including phenoxy) is 1. The molecule has 0 bridgehead atoms. The summed E-state index contributed by atoms with van der Waals surface area (Å²) in [5, 5.41) is 4.83. The van der Waals surface area contributed by atoms with Crippen LogP contribution in [0.2, 0.25) is 5.02 Å². The molecule has 6 nitrogen and oxygen atoms in total. The summed E-state index contributed by atoms with van der Waals surface area (Å²) >= 11 is 9.44. The summed E-state index contributed by atoms with van der Waals surface area (Å²) < 4.78 is 6.90. The molecule has 28 heavy (non-hydrogen) atoms. The summed E-state index contributed by atoms with van der Waals surface area (Å²) in [6.07, 6.45) is 3.12. The molecule has 0 amide bonds. The van der Waals surface area contributed by atoms with Gasteiger partial charge in [0.25, 0.3) is 0 Å². The third-order valence-electron chi connectivity index (χ3n) is 4.11. The van der Waals surface area contributed by atoms with Crippen LogP contribution in [0.5, 0.6) is 11.6 Å². The second-order valence-electron chi connectivity index (χ2n) is 5.97. The molecule has 0 saturated heterocycles. The molecule has 0 spiro atoms. The Balaban J connectivity index is 1.59. The quantitative estimate of drug-likeness (QED) is 0.416. The maximum Gasteiger partial charge on any atom is 0.248 e. The van der Waals surface area contributed by atoms with Crippen LogP contribution in [0.1, 0.15) is 5.56 Å². The standard InChI is InChI=1S/C20H15BrClN5O/c21-15-7-8-16(18-14(15)2-1-9-24-18)28-20-17(23)19(26-11-27-20)25-10-12-3-5-13(22)6-4-12/h1-9,11H,10,23H2,(H,25,26,27). The third kappa shape index (κ3) is 3.85. The molecule has 0 aliphatic heterocycles. The molecule has 140 valence electrons. The highest BCUT2D eigenvalue weighted by molar-refractivity contribution is 9.10. The molecule has 0 saturated carbocycles. The summed E-state index contributed by atoms with van der Waals surface area (Å²) in [4.78, 5) is 12.8. The second kappa shape index (κ2) is 8.00. The molecule has 2 aromatic carbocycles. The average Bonchev–Trinajstić information content (AvgIpc) is 2.72. The van der Waals surface area contributed by atoms with Gasteiger partial charge in [0.1, 0.15) is 17.5 Å². The number of pyridine rings is 1. The number of rotatable bonds is 5. The molecule has 2 heterocycles. The lowest BCUT2D eigenvalue weighted by atomic mass is 10.2. The first kappa shape index (κ1) is 18.5. The van der Waals surface area contributed by atoms with E-state index in [1.807, 2.05) is 48.5 Å². The first-order valence-corrected chi connectivity index (χ1v) is 9.59. The Morgan fingerprint density at radius 2 is 1.86 bits per heavy atom. The average molecular weight is 457 g/mol. The molecule has 0 aliphatic rings. The molecule has 0 atom stereocenters. The minimum Gasteiger partial charge on any atom is -0.435 e. The van der Waals surface area contributed by atoms with Crippen molar-refractivity contribution < 1.29 is 4.74 Å². The lowest BCUT2D eigenvalue weighted by molar-refractivity contribution is 0.468. The van der Waals surface area contributed by atoms with E-state index in [4.69, 9.17) is 22.1 Å². The molecule has 0 aliphatic carbocycles. The topological polar surface area (TPSA) is 86.0 Å². The van der Waals surface area contributed by atoms with Crippen molar-refractivity contribution in [3.8, 4) is 11.6 Å². The van der Waals surface area contributed by atoms with Gasteiger partial charge in [-0.1, -0.05) is 45.7 Å². The van der Waals surface area contributed by atoms with Crippen molar-refractivity contribution in [3.63, 3.8) is 0 Å². The van der Waals surface area contributed by atoms with Crippen molar-refractivity contribution in [2.45, 2.75) is 6.54 Å². The van der Waals surface area contributed by atoms with Gasteiger partial charge >= 0.3 is 0 Å². The first-order chi connectivity index (χ1) is 13.6. The summed E-state index contributed by atoms with van der Waals surface area (Å²) in [5.41, 5.74) is 8.32. The van der Waals surface area contributed by atoms with Gasteiger partial charge in [-0.15, -0.1) is 0 Å². The van der Waals surface area contributed by atoms with Crippen LogP contribution in [0, 0.1) is 0 Å². The van der Waals surface area contributed by atoms with Crippen molar-refractivity contribution in [2.24, 2.45) is 0 Å². The third-order valence-corrected chi connectivity index (χ3v) is 5.05. The summed E-state index contributed by atoms with van der Waals surface area (Å²) in [6, 6.07) is 15.1. The van der Waals surface area contributed by atoms with E-state index in [0.29, 0.717) is 34.3 Å². The number of nitrogen functional groups attached to an aromatic ring is 1. The second-order valence-corrected chi connectivity index (χ2v) is 7.26. The van der Waals surface area contributed by atoms with Gasteiger partial charge in [-0.2, -0.15) is 4.98 Å². The zero-order chi connectivity index (χ0) is 19.5. The summed E-state index contributed by atoms with van der Waals surface area (Å²) in [6.45, 7) is 0.542. The highest BCUT2D eigenvalue weighted by Gasteiger charge is 2.13. The summed E-state index contributed by atoms with van der Waals surface area (Å²) in [5.74, 6) is 1.32. The number of nitrogens with one attached hydrogen (secondary N) is 1. The van der Waals surface area contributed by atoms with Crippen LogP contribution in [0.4, 0.5) is 11.5 Å². The van der Waals surface area contributed by atoms with E-state index in [9.17, 15) is 0 Å². The molecule has 0 fully saturated rings. The van der Waals surface area contributed by atoms with Gasteiger partial charge in [0.15, 0.2) is 11.6 Å².